The van der Waals surface area contributed by atoms with E-state index >= 15 is 0 Å². The number of hydrogen-bond donors (Lipinski definition) is 0. The highest BCUT2D eigenvalue weighted by atomic mass is 32.1. The molecule has 2 fully saturated rings. The van der Waals surface area contributed by atoms with E-state index in [0.717, 1.165) is 35.7 Å². The van der Waals surface area contributed by atoms with Crippen molar-refractivity contribution in [2.45, 2.75) is 19.4 Å². The van der Waals surface area contributed by atoms with Gasteiger partial charge in [-0.25, -0.2) is 4.98 Å². The molecule has 0 spiro atoms. The summed E-state index contributed by atoms with van der Waals surface area (Å²) in [6, 6.07) is 8.10. The second-order valence-electron chi connectivity index (χ2n) is 8.07. The van der Waals surface area contributed by atoms with Crippen LogP contribution in [0.4, 0.5) is 5.69 Å². The molecule has 0 saturated carbocycles. The molecule has 5 rings (SSSR count). The summed E-state index contributed by atoms with van der Waals surface area (Å²) in [5.41, 5.74) is 3.54. The third-order valence-corrected chi connectivity index (χ3v) is 6.91. The second kappa shape index (κ2) is 8.76. The van der Waals surface area contributed by atoms with E-state index in [1.54, 1.807) is 18.6 Å². The van der Waals surface area contributed by atoms with Gasteiger partial charge in [0.2, 0.25) is 5.91 Å². The van der Waals surface area contributed by atoms with Crippen LogP contribution in [0.3, 0.4) is 0 Å². The van der Waals surface area contributed by atoms with E-state index in [1.165, 1.54) is 11.3 Å². The van der Waals surface area contributed by atoms with E-state index in [9.17, 15) is 9.59 Å². The molecule has 0 bridgehead atoms. The molecule has 8 nitrogen and oxygen atoms in total. The second-order valence-corrected chi connectivity index (χ2v) is 8.96. The Labute approximate surface area is 190 Å². The maximum absolute atomic E-state index is 12.9. The van der Waals surface area contributed by atoms with Crippen LogP contribution in [0.15, 0.2) is 48.2 Å². The Bertz CT molecular complexity index is 1130. The number of rotatable bonds is 4. The van der Waals surface area contributed by atoms with Crippen LogP contribution in [0, 0.1) is 6.92 Å². The lowest BCUT2D eigenvalue weighted by molar-refractivity contribution is -0.117. The maximum atomic E-state index is 12.9. The van der Waals surface area contributed by atoms with Gasteiger partial charge in [0.1, 0.15) is 0 Å². The number of carbonyl (C=O) groups excluding carboxylic acids is 2. The summed E-state index contributed by atoms with van der Waals surface area (Å²) in [5, 5.41) is 2.36. The topological polar surface area (TPSA) is 82.5 Å². The molecule has 0 N–H and O–H groups in total. The highest BCUT2D eigenvalue weighted by molar-refractivity contribution is 7.11. The molecule has 2 aliphatic heterocycles. The van der Waals surface area contributed by atoms with Crippen molar-refractivity contribution in [2.24, 2.45) is 0 Å². The van der Waals surface area contributed by atoms with Gasteiger partial charge in [0.05, 0.1) is 11.4 Å². The lowest BCUT2D eigenvalue weighted by Gasteiger charge is -2.37. The van der Waals surface area contributed by atoms with Gasteiger partial charge in [-0.2, -0.15) is 0 Å². The minimum Gasteiger partial charge on any atom is -0.334 e. The molecular weight excluding hydrogens is 424 g/mol. The van der Waals surface area contributed by atoms with Gasteiger partial charge in [-0.15, -0.1) is 11.3 Å². The molecule has 32 heavy (non-hydrogen) atoms. The van der Waals surface area contributed by atoms with Crippen molar-refractivity contribution in [1.29, 1.82) is 0 Å². The number of amides is 2. The first kappa shape index (κ1) is 20.7. The maximum Gasteiger partial charge on any atom is 0.282 e. The fraction of sp³-hybridized carbons (Fsp3) is 0.348. The molecule has 3 aromatic rings. The van der Waals surface area contributed by atoms with Gasteiger partial charge in [-0.1, -0.05) is 12.1 Å². The summed E-state index contributed by atoms with van der Waals surface area (Å²) in [7, 11) is 0. The first-order valence-corrected chi connectivity index (χ1v) is 11.6. The van der Waals surface area contributed by atoms with Gasteiger partial charge in [-0.05, 0) is 19.1 Å². The third-order valence-electron chi connectivity index (χ3n) is 6.15. The molecule has 2 aromatic heterocycles. The lowest BCUT2D eigenvalue weighted by Crippen LogP contribution is -2.52. The zero-order valence-electron chi connectivity index (χ0n) is 17.8. The number of piperazine rings is 1. The number of hydrogen-bond acceptors (Lipinski definition) is 7. The summed E-state index contributed by atoms with van der Waals surface area (Å²) in [6.45, 7) is 5.44. The number of aryl methyl sites for hydroxylation is 1. The highest BCUT2D eigenvalue weighted by Gasteiger charge is 2.36. The smallest absolute Gasteiger partial charge is 0.282 e. The largest absolute Gasteiger partial charge is 0.334 e. The average molecular weight is 449 g/mol. The Balaban J connectivity index is 1.25. The molecule has 1 atom stereocenters. The number of nitrogens with zero attached hydrogens (tertiary/aromatic N) is 6. The van der Waals surface area contributed by atoms with Crippen molar-refractivity contribution in [3.8, 4) is 11.3 Å². The SMILES string of the molecule is Cc1nccnc1-c1cccc(N2CC(N3CCN(C(=O)c4nccs4)CC3)CC2=O)c1. The molecule has 0 aliphatic carbocycles. The first-order chi connectivity index (χ1) is 15.6. The van der Waals surface area contributed by atoms with Crippen LogP contribution in [0.25, 0.3) is 11.3 Å². The highest BCUT2D eigenvalue weighted by Crippen LogP contribution is 2.29. The fourth-order valence-corrected chi connectivity index (χ4v) is 5.05. The molecular formula is C23H24N6O2S. The van der Waals surface area contributed by atoms with Gasteiger partial charge in [0.25, 0.3) is 5.91 Å². The van der Waals surface area contributed by atoms with E-state index < -0.39 is 0 Å². The number of carbonyl (C=O) groups is 2. The predicted octanol–water partition coefficient (Wildman–Crippen LogP) is 2.47. The monoisotopic (exact) mass is 448 g/mol. The number of aromatic nitrogens is 3. The van der Waals surface area contributed by atoms with Crippen LogP contribution in [0.2, 0.25) is 0 Å². The molecule has 1 aromatic carbocycles. The molecule has 1 unspecified atom stereocenters. The van der Waals surface area contributed by atoms with Crippen LogP contribution in [-0.4, -0.2) is 75.3 Å². The predicted molar refractivity (Wildman–Crippen MR) is 123 cm³/mol. The molecule has 2 saturated heterocycles. The van der Waals surface area contributed by atoms with E-state index in [4.69, 9.17) is 0 Å². The average Bonchev–Trinajstić information content (AvgIpc) is 3.49. The van der Waals surface area contributed by atoms with Crippen LogP contribution in [0.1, 0.15) is 21.9 Å². The Morgan fingerprint density at radius 1 is 1.06 bits per heavy atom. The Kier molecular flexibility index (Phi) is 5.67. The van der Waals surface area contributed by atoms with E-state index in [-0.39, 0.29) is 17.9 Å². The zero-order valence-corrected chi connectivity index (χ0v) is 18.7. The summed E-state index contributed by atoms with van der Waals surface area (Å²) < 4.78 is 0. The number of benzene rings is 1. The van der Waals surface area contributed by atoms with Crippen LogP contribution in [0.5, 0.6) is 0 Å². The van der Waals surface area contributed by atoms with Crippen molar-refractivity contribution >= 4 is 28.8 Å². The van der Waals surface area contributed by atoms with E-state index in [1.807, 2.05) is 46.4 Å². The van der Waals surface area contributed by atoms with Crippen molar-refractivity contribution < 1.29 is 9.59 Å². The summed E-state index contributed by atoms with van der Waals surface area (Å²) in [6.07, 6.45) is 5.52. The van der Waals surface area contributed by atoms with E-state index in [2.05, 4.69) is 19.9 Å². The number of thiazole rings is 1. The quantitative estimate of drug-likeness (QED) is 0.610. The lowest BCUT2D eigenvalue weighted by atomic mass is 10.1. The van der Waals surface area contributed by atoms with Gasteiger partial charge < -0.3 is 9.80 Å². The van der Waals surface area contributed by atoms with Gasteiger partial charge >= 0.3 is 0 Å². The zero-order chi connectivity index (χ0) is 22.1. The standard InChI is InChI=1S/C23H24N6O2S/c1-16-21(25-6-5-24-16)17-3-2-4-18(13-17)29-15-19(14-20(29)30)27-8-10-28(11-9-27)23(31)22-26-7-12-32-22/h2-7,12-13,19H,8-11,14-15H2,1H3. The molecule has 0 radical (unpaired) electrons. The summed E-state index contributed by atoms with van der Waals surface area (Å²) in [4.78, 5) is 44.4. The van der Waals surface area contributed by atoms with Gasteiger partial charge in [-0.3, -0.25) is 24.5 Å². The van der Waals surface area contributed by atoms with Gasteiger partial charge in [0, 0.05) is 80.4 Å². The van der Waals surface area contributed by atoms with E-state index in [0.29, 0.717) is 31.1 Å². The third kappa shape index (κ3) is 4.01. The Morgan fingerprint density at radius 2 is 1.88 bits per heavy atom. The minimum absolute atomic E-state index is 0.0000977. The Morgan fingerprint density at radius 3 is 2.62 bits per heavy atom. The number of anilines is 1. The summed E-state index contributed by atoms with van der Waals surface area (Å²) >= 11 is 1.37. The molecule has 2 aliphatic rings. The Hall–Kier alpha value is -3.17. The minimum atomic E-state index is -0.0000977. The molecule has 164 valence electrons. The van der Waals surface area contributed by atoms with Crippen LogP contribution < -0.4 is 4.90 Å². The molecule has 9 heteroatoms. The molecule has 2 amide bonds. The van der Waals surface area contributed by atoms with Crippen molar-refractivity contribution in [3.63, 3.8) is 0 Å². The van der Waals surface area contributed by atoms with Crippen molar-refractivity contribution in [1.82, 2.24) is 24.8 Å². The van der Waals surface area contributed by atoms with Crippen molar-refractivity contribution in [3.05, 3.63) is 58.9 Å². The fourth-order valence-electron chi connectivity index (χ4n) is 4.45. The van der Waals surface area contributed by atoms with Gasteiger partial charge in [0.15, 0.2) is 5.01 Å². The van der Waals surface area contributed by atoms with Crippen LogP contribution in [-0.2, 0) is 4.79 Å². The normalized spacial score (nSPS) is 19.5. The first-order valence-electron chi connectivity index (χ1n) is 10.7. The molecule has 4 heterocycles. The van der Waals surface area contributed by atoms with Crippen molar-refractivity contribution in [2.75, 3.05) is 37.6 Å². The summed E-state index contributed by atoms with van der Waals surface area (Å²) in [5.74, 6) is 0.129. The van der Waals surface area contributed by atoms with Crippen LogP contribution >= 0.6 is 11.3 Å².